The van der Waals surface area contributed by atoms with Gasteiger partial charge < -0.3 is 15.2 Å². The van der Waals surface area contributed by atoms with Crippen molar-refractivity contribution in [2.24, 2.45) is 0 Å². The zero-order valence-corrected chi connectivity index (χ0v) is 10.5. The number of hydrogen-bond acceptors (Lipinski definition) is 5. The van der Waals surface area contributed by atoms with Gasteiger partial charge in [0.05, 0.1) is 5.75 Å². The van der Waals surface area contributed by atoms with E-state index in [-0.39, 0.29) is 0 Å². The molecular formula is C8H12F3NO6S. The topological polar surface area (TPSA) is 110 Å². The van der Waals surface area contributed by atoms with Gasteiger partial charge in [0, 0.05) is 6.92 Å². The fourth-order valence-corrected chi connectivity index (χ4v) is 2.17. The van der Waals surface area contributed by atoms with E-state index < -0.39 is 52.2 Å². The highest BCUT2D eigenvalue weighted by molar-refractivity contribution is 7.91. The summed E-state index contributed by atoms with van der Waals surface area (Å²) in [5.41, 5.74) is 0. The van der Waals surface area contributed by atoms with Crippen LogP contribution in [-0.2, 0) is 24.2 Å². The van der Waals surface area contributed by atoms with Gasteiger partial charge in [-0.15, -0.1) is 0 Å². The summed E-state index contributed by atoms with van der Waals surface area (Å²) in [6.45, 7) is -0.785. The maximum atomic E-state index is 11.7. The fraction of sp³-hybridized carbons (Fsp3) is 0.750. The molecule has 0 heterocycles. The fourth-order valence-electron chi connectivity index (χ4n) is 1.01. The molecule has 0 aliphatic heterocycles. The Kier molecular flexibility index (Phi) is 6.22. The van der Waals surface area contributed by atoms with E-state index in [2.05, 4.69) is 4.74 Å². The Morgan fingerprint density at radius 3 is 2.26 bits per heavy atom. The number of carboxylic acid groups (broad SMARTS) is 1. The summed E-state index contributed by atoms with van der Waals surface area (Å²) in [4.78, 5) is 21.3. The molecule has 0 saturated heterocycles. The molecule has 0 aliphatic carbocycles. The first-order chi connectivity index (χ1) is 8.43. The summed E-state index contributed by atoms with van der Waals surface area (Å²) < 4.78 is 61.7. The maximum absolute atomic E-state index is 11.7. The molecule has 11 heteroatoms. The smallest absolute Gasteiger partial charge is 0.411 e. The second kappa shape index (κ2) is 6.70. The monoisotopic (exact) mass is 307 g/mol. The van der Waals surface area contributed by atoms with Crippen LogP contribution < -0.4 is 5.32 Å². The molecule has 0 rings (SSSR count). The highest BCUT2D eigenvalue weighted by atomic mass is 32.2. The lowest BCUT2D eigenvalue weighted by Gasteiger charge is -2.14. The molecule has 1 atom stereocenters. The van der Waals surface area contributed by atoms with Crippen molar-refractivity contribution >= 4 is 21.7 Å². The van der Waals surface area contributed by atoms with Gasteiger partial charge in [-0.05, 0) is 0 Å². The SMILES string of the molecule is CC(=O)N[C@@H](CS(=O)(=O)COCC(F)(F)F)C(=O)O. The number of hydrogen-bond donors (Lipinski definition) is 2. The van der Waals surface area contributed by atoms with Gasteiger partial charge in [0.2, 0.25) is 5.91 Å². The highest BCUT2D eigenvalue weighted by Crippen LogP contribution is 2.14. The third-order valence-corrected chi connectivity index (χ3v) is 2.99. The second-order valence-electron chi connectivity index (χ2n) is 3.58. The molecule has 0 radical (unpaired) electrons. The average molecular weight is 307 g/mol. The van der Waals surface area contributed by atoms with Crippen LogP contribution in [0, 0.1) is 0 Å². The molecule has 0 aliphatic rings. The molecule has 2 N–H and O–H groups in total. The van der Waals surface area contributed by atoms with Gasteiger partial charge in [-0.3, -0.25) is 4.79 Å². The summed E-state index contributed by atoms with van der Waals surface area (Å²) in [6, 6.07) is -1.74. The number of nitrogens with one attached hydrogen (secondary N) is 1. The first-order valence-electron chi connectivity index (χ1n) is 4.78. The van der Waals surface area contributed by atoms with Crippen molar-refractivity contribution in [3.63, 3.8) is 0 Å². The second-order valence-corrected chi connectivity index (χ2v) is 5.64. The Hall–Kier alpha value is -1.36. The number of carboxylic acids is 1. The van der Waals surface area contributed by atoms with Crippen molar-refractivity contribution in [2.75, 3.05) is 18.3 Å². The van der Waals surface area contributed by atoms with Crippen LogP contribution in [0.1, 0.15) is 6.92 Å². The van der Waals surface area contributed by atoms with E-state index in [0.29, 0.717) is 0 Å². The number of halogens is 3. The summed E-state index contributed by atoms with van der Waals surface area (Å²) in [5, 5.41) is 10.5. The first-order valence-corrected chi connectivity index (χ1v) is 6.60. The van der Waals surface area contributed by atoms with E-state index in [4.69, 9.17) is 5.11 Å². The van der Waals surface area contributed by atoms with Gasteiger partial charge in [0.25, 0.3) is 0 Å². The Balaban J connectivity index is 4.48. The van der Waals surface area contributed by atoms with Crippen molar-refractivity contribution in [3.8, 4) is 0 Å². The van der Waals surface area contributed by atoms with Crippen LogP contribution in [0.5, 0.6) is 0 Å². The van der Waals surface area contributed by atoms with E-state index in [1.54, 1.807) is 0 Å². The van der Waals surface area contributed by atoms with Gasteiger partial charge in [0.15, 0.2) is 9.84 Å². The number of sulfone groups is 1. The van der Waals surface area contributed by atoms with Crippen LogP contribution in [0.2, 0.25) is 0 Å². The summed E-state index contributed by atoms with van der Waals surface area (Å²) in [6.07, 6.45) is -4.68. The van der Waals surface area contributed by atoms with E-state index in [0.717, 1.165) is 6.92 Å². The Bertz CT molecular complexity index is 432. The molecule has 0 fully saturated rings. The third kappa shape index (κ3) is 9.25. The minimum atomic E-state index is -4.68. The number of carbonyl (C=O) groups excluding carboxylic acids is 1. The number of amides is 1. The van der Waals surface area contributed by atoms with E-state index in [1.807, 2.05) is 5.32 Å². The number of carbonyl (C=O) groups is 2. The summed E-state index contributed by atoms with van der Waals surface area (Å²) in [7, 11) is -4.21. The molecule has 0 saturated carbocycles. The molecule has 0 bridgehead atoms. The Labute approximate surface area is 106 Å². The molecular weight excluding hydrogens is 295 g/mol. The minimum absolute atomic E-state index is 0.779. The van der Waals surface area contributed by atoms with Crippen molar-refractivity contribution in [1.82, 2.24) is 5.32 Å². The lowest BCUT2D eigenvalue weighted by atomic mass is 10.3. The van der Waals surface area contributed by atoms with Crippen LogP contribution >= 0.6 is 0 Å². The predicted octanol–water partition coefficient (Wildman–Crippen LogP) is -0.473. The standard InChI is InChI=1S/C8H12F3NO6S/c1-5(13)12-6(7(14)15)2-19(16,17)4-18-3-8(9,10)11/h6H,2-4H2,1H3,(H,12,13)(H,14,15)/t6-/m0/s1. The van der Waals surface area contributed by atoms with Crippen molar-refractivity contribution in [3.05, 3.63) is 0 Å². The lowest BCUT2D eigenvalue weighted by molar-refractivity contribution is -0.169. The molecule has 19 heavy (non-hydrogen) atoms. The van der Waals surface area contributed by atoms with Gasteiger partial charge >= 0.3 is 12.1 Å². The Morgan fingerprint density at radius 1 is 1.37 bits per heavy atom. The lowest BCUT2D eigenvalue weighted by Crippen LogP contribution is -2.45. The van der Waals surface area contributed by atoms with Gasteiger partial charge in [-0.1, -0.05) is 0 Å². The normalized spacial score (nSPS) is 13.9. The molecule has 0 aromatic heterocycles. The van der Waals surface area contributed by atoms with Crippen LogP contribution in [0.3, 0.4) is 0 Å². The zero-order chi connectivity index (χ0) is 15.3. The van der Waals surface area contributed by atoms with Crippen LogP contribution in [-0.4, -0.2) is 55.9 Å². The van der Waals surface area contributed by atoms with Crippen molar-refractivity contribution in [1.29, 1.82) is 0 Å². The zero-order valence-electron chi connectivity index (χ0n) is 9.73. The highest BCUT2D eigenvalue weighted by Gasteiger charge is 2.30. The van der Waals surface area contributed by atoms with E-state index >= 15 is 0 Å². The first kappa shape index (κ1) is 17.6. The quantitative estimate of drug-likeness (QED) is 0.658. The molecule has 1 amide bonds. The van der Waals surface area contributed by atoms with Crippen molar-refractivity contribution < 1.29 is 41.0 Å². The molecule has 0 unspecified atom stereocenters. The van der Waals surface area contributed by atoms with Gasteiger partial charge in [-0.2, -0.15) is 13.2 Å². The number of rotatable bonds is 7. The van der Waals surface area contributed by atoms with Crippen LogP contribution in [0.25, 0.3) is 0 Å². The predicted molar refractivity (Wildman–Crippen MR) is 55.9 cm³/mol. The van der Waals surface area contributed by atoms with Gasteiger partial charge in [0.1, 0.15) is 18.6 Å². The molecule has 7 nitrogen and oxygen atoms in total. The minimum Gasteiger partial charge on any atom is -0.480 e. The van der Waals surface area contributed by atoms with Crippen LogP contribution in [0.4, 0.5) is 13.2 Å². The number of aliphatic carboxylic acids is 1. The number of ether oxygens (including phenoxy) is 1. The van der Waals surface area contributed by atoms with Gasteiger partial charge in [-0.25, -0.2) is 13.2 Å². The molecule has 0 aromatic rings. The Morgan fingerprint density at radius 2 is 1.89 bits per heavy atom. The number of alkyl halides is 3. The van der Waals surface area contributed by atoms with E-state index in [1.165, 1.54) is 0 Å². The third-order valence-electron chi connectivity index (χ3n) is 1.62. The van der Waals surface area contributed by atoms with E-state index in [9.17, 15) is 31.2 Å². The summed E-state index contributed by atoms with van der Waals surface area (Å²) in [5.74, 6) is -4.73. The van der Waals surface area contributed by atoms with Crippen LogP contribution in [0.15, 0.2) is 0 Å². The molecule has 112 valence electrons. The van der Waals surface area contributed by atoms with Crippen molar-refractivity contribution in [2.45, 2.75) is 19.1 Å². The molecule has 0 spiro atoms. The summed E-state index contributed by atoms with van der Waals surface area (Å²) >= 11 is 0. The molecule has 0 aromatic carbocycles. The maximum Gasteiger partial charge on any atom is 0.411 e. The average Bonchev–Trinajstić information content (AvgIpc) is 2.12. The largest absolute Gasteiger partial charge is 0.480 e.